The number of nitrogens with two attached hydrogens (primary N) is 1. The molecule has 4 rings (SSSR count). The number of benzene rings is 2. The van der Waals surface area contributed by atoms with Crippen molar-refractivity contribution in [3.05, 3.63) is 71.9 Å². The zero-order chi connectivity index (χ0) is 24.4. The third kappa shape index (κ3) is 4.99. The molecule has 0 radical (unpaired) electrons. The monoisotopic (exact) mass is 469 g/mol. The van der Waals surface area contributed by atoms with Crippen molar-refractivity contribution in [3.8, 4) is 6.07 Å². The summed E-state index contributed by atoms with van der Waals surface area (Å²) in [6, 6.07) is 16.5. The van der Waals surface area contributed by atoms with E-state index >= 15 is 0 Å². The van der Waals surface area contributed by atoms with Gasteiger partial charge in [0.05, 0.1) is 28.4 Å². The first-order valence-electron chi connectivity index (χ1n) is 9.61. The molecule has 1 amide bonds. The number of amidine groups is 1. The SMILES string of the molecule is CC1(C)N=C(C(N)=S)N(c2ccc(C#N)c(C(F)(F)F)c2)C1=O.c1ccc2ncccc2c1. The van der Waals surface area contributed by atoms with Crippen LogP contribution >= 0.6 is 12.2 Å². The van der Waals surface area contributed by atoms with E-state index in [-0.39, 0.29) is 16.5 Å². The number of para-hydroxylation sites is 1. The number of alkyl halides is 3. The molecule has 33 heavy (non-hydrogen) atoms. The maximum absolute atomic E-state index is 13.1. The van der Waals surface area contributed by atoms with Gasteiger partial charge >= 0.3 is 6.18 Å². The van der Waals surface area contributed by atoms with Gasteiger partial charge in [0, 0.05) is 11.6 Å². The van der Waals surface area contributed by atoms with Crippen molar-refractivity contribution >= 4 is 45.5 Å². The summed E-state index contributed by atoms with van der Waals surface area (Å²) >= 11 is 4.82. The summed E-state index contributed by atoms with van der Waals surface area (Å²) < 4.78 is 39.2. The van der Waals surface area contributed by atoms with Gasteiger partial charge in [-0.25, -0.2) is 4.99 Å². The van der Waals surface area contributed by atoms with E-state index in [0.717, 1.165) is 16.5 Å². The summed E-state index contributed by atoms with van der Waals surface area (Å²) in [5.74, 6) is -0.633. The van der Waals surface area contributed by atoms with Gasteiger partial charge in [-0.1, -0.05) is 36.5 Å². The number of hydrogen-bond donors (Lipinski definition) is 1. The lowest BCUT2D eigenvalue weighted by Gasteiger charge is -2.21. The lowest BCUT2D eigenvalue weighted by molar-refractivity contribution is -0.137. The van der Waals surface area contributed by atoms with Crippen LogP contribution in [0.1, 0.15) is 25.0 Å². The first kappa shape index (κ1) is 23.8. The Bertz CT molecular complexity index is 1250. The van der Waals surface area contributed by atoms with E-state index in [1.165, 1.54) is 31.4 Å². The van der Waals surface area contributed by atoms with E-state index in [1.54, 1.807) is 0 Å². The molecule has 0 spiro atoms. The lowest BCUT2D eigenvalue weighted by atomic mass is 10.0. The van der Waals surface area contributed by atoms with E-state index in [0.29, 0.717) is 6.07 Å². The topological polar surface area (TPSA) is 95.4 Å². The van der Waals surface area contributed by atoms with Crippen molar-refractivity contribution in [2.75, 3.05) is 4.90 Å². The van der Waals surface area contributed by atoms with E-state index in [2.05, 4.69) is 22.1 Å². The third-order valence-electron chi connectivity index (χ3n) is 4.74. The largest absolute Gasteiger partial charge is 0.417 e. The Labute approximate surface area is 193 Å². The van der Waals surface area contributed by atoms with Crippen LogP contribution in [0.15, 0.2) is 65.8 Å². The van der Waals surface area contributed by atoms with Crippen molar-refractivity contribution in [2.45, 2.75) is 25.6 Å². The number of aromatic nitrogens is 1. The number of nitrogens with zero attached hydrogens (tertiary/aromatic N) is 4. The molecule has 1 aliphatic heterocycles. The first-order chi connectivity index (χ1) is 15.5. The molecule has 0 saturated heterocycles. The highest BCUT2D eigenvalue weighted by atomic mass is 32.1. The number of amides is 1. The van der Waals surface area contributed by atoms with Crippen LogP contribution in [-0.4, -0.2) is 27.3 Å². The second-order valence-electron chi connectivity index (χ2n) is 7.53. The fourth-order valence-corrected chi connectivity index (χ4v) is 3.29. The summed E-state index contributed by atoms with van der Waals surface area (Å²) in [7, 11) is 0. The van der Waals surface area contributed by atoms with Crippen molar-refractivity contribution in [2.24, 2.45) is 10.7 Å². The van der Waals surface area contributed by atoms with Crippen LogP contribution in [0.5, 0.6) is 0 Å². The molecule has 0 unspecified atom stereocenters. The number of rotatable bonds is 2. The summed E-state index contributed by atoms with van der Waals surface area (Å²) in [5, 5.41) is 10.0. The number of anilines is 1. The number of aliphatic imine (C=N–C) groups is 1. The van der Waals surface area contributed by atoms with Crippen LogP contribution in [0.3, 0.4) is 0 Å². The summed E-state index contributed by atoms with van der Waals surface area (Å²) in [5.41, 5.74) is 3.61. The zero-order valence-corrected chi connectivity index (χ0v) is 18.4. The fraction of sp³-hybridized carbons (Fsp3) is 0.174. The predicted molar refractivity (Wildman–Crippen MR) is 124 cm³/mol. The Hall–Kier alpha value is -3.84. The Morgan fingerprint density at radius 1 is 1.15 bits per heavy atom. The molecular formula is C23H18F3N5OS. The van der Waals surface area contributed by atoms with E-state index < -0.39 is 28.7 Å². The summed E-state index contributed by atoms with van der Waals surface area (Å²) in [6.45, 7) is 3.00. The van der Waals surface area contributed by atoms with Crippen LogP contribution < -0.4 is 10.6 Å². The smallest absolute Gasteiger partial charge is 0.387 e. The molecular weight excluding hydrogens is 451 g/mol. The number of thiocarbonyl (C=S) groups is 1. The van der Waals surface area contributed by atoms with E-state index in [1.807, 2.05) is 30.5 Å². The molecule has 168 valence electrons. The molecule has 2 aromatic carbocycles. The van der Waals surface area contributed by atoms with Gasteiger partial charge in [0.1, 0.15) is 10.5 Å². The van der Waals surface area contributed by atoms with Crippen LogP contribution in [0.4, 0.5) is 18.9 Å². The molecule has 0 fully saturated rings. The highest BCUT2D eigenvalue weighted by molar-refractivity contribution is 7.82. The Morgan fingerprint density at radius 3 is 2.42 bits per heavy atom. The molecule has 10 heteroatoms. The van der Waals surface area contributed by atoms with Crippen LogP contribution in [0.2, 0.25) is 0 Å². The van der Waals surface area contributed by atoms with E-state index in [4.69, 9.17) is 23.2 Å². The number of fused-ring (bicyclic) bond motifs is 1. The quantitative estimate of drug-likeness (QED) is 0.553. The molecule has 3 aromatic rings. The zero-order valence-electron chi connectivity index (χ0n) is 17.6. The number of pyridine rings is 1. The maximum atomic E-state index is 13.1. The van der Waals surface area contributed by atoms with Gasteiger partial charge in [-0.15, -0.1) is 0 Å². The van der Waals surface area contributed by atoms with Gasteiger partial charge in [-0.05, 0) is 44.2 Å². The molecule has 0 atom stereocenters. The minimum absolute atomic E-state index is 0.0761. The third-order valence-corrected chi connectivity index (χ3v) is 4.93. The minimum Gasteiger partial charge on any atom is -0.387 e. The van der Waals surface area contributed by atoms with Crippen LogP contribution in [-0.2, 0) is 11.0 Å². The molecule has 0 aliphatic carbocycles. The molecule has 1 aliphatic rings. The van der Waals surface area contributed by atoms with Crippen LogP contribution in [0.25, 0.3) is 10.9 Å². The highest BCUT2D eigenvalue weighted by Gasteiger charge is 2.43. The first-order valence-corrected chi connectivity index (χ1v) is 10.0. The second-order valence-corrected chi connectivity index (χ2v) is 7.97. The highest BCUT2D eigenvalue weighted by Crippen LogP contribution is 2.36. The number of hydrogen-bond acceptors (Lipinski definition) is 5. The Kier molecular flexibility index (Phi) is 6.46. The van der Waals surface area contributed by atoms with Crippen LogP contribution in [0, 0.1) is 11.3 Å². The van der Waals surface area contributed by atoms with Gasteiger partial charge in [-0.2, -0.15) is 18.4 Å². The van der Waals surface area contributed by atoms with Gasteiger partial charge in [0.15, 0.2) is 5.84 Å². The Morgan fingerprint density at radius 2 is 1.82 bits per heavy atom. The summed E-state index contributed by atoms with van der Waals surface area (Å²) in [4.78, 5) is 21.4. The predicted octanol–water partition coefficient (Wildman–Crippen LogP) is 4.62. The standard InChI is InChI=1S/C14H11F3N4OS.C9H7N/c1-13(2)12(22)21(11(20-13)10(19)23)8-4-3-7(6-18)9(5-8)14(15,16)17;1-2-6-9-8(4-1)5-3-7-10-9/h3-5H,1-2H3,(H2,19,23);1-7H. The molecule has 2 N–H and O–H groups in total. The molecule has 0 saturated carbocycles. The second kappa shape index (κ2) is 8.96. The number of carbonyl (C=O) groups is 1. The number of halogens is 3. The van der Waals surface area contributed by atoms with Crippen molar-refractivity contribution in [1.29, 1.82) is 5.26 Å². The molecule has 1 aromatic heterocycles. The van der Waals surface area contributed by atoms with Crippen molar-refractivity contribution in [3.63, 3.8) is 0 Å². The van der Waals surface area contributed by atoms with Crippen molar-refractivity contribution in [1.82, 2.24) is 4.98 Å². The average molecular weight is 469 g/mol. The van der Waals surface area contributed by atoms with Gasteiger partial charge in [-0.3, -0.25) is 14.7 Å². The van der Waals surface area contributed by atoms with Gasteiger partial charge < -0.3 is 5.73 Å². The van der Waals surface area contributed by atoms with Crippen molar-refractivity contribution < 1.29 is 18.0 Å². The molecule has 2 heterocycles. The number of carbonyl (C=O) groups excluding carboxylic acids is 1. The minimum atomic E-state index is -4.74. The van der Waals surface area contributed by atoms with Gasteiger partial charge in [0.25, 0.3) is 5.91 Å². The normalized spacial score (nSPS) is 14.8. The molecule has 6 nitrogen and oxygen atoms in total. The Balaban J connectivity index is 0.000000252. The maximum Gasteiger partial charge on any atom is 0.417 e. The lowest BCUT2D eigenvalue weighted by Crippen LogP contribution is -2.43. The molecule has 0 bridgehead atoms. The average Bonchev–Trinajstić information content (AvgIpc) is 3.02. The fourth-order valence-electron chi connectivity index (χ4n) is 3.16. The van der Waals surface area contributed by atoms with Gasteiger partial charge in [0.2, 0.25) is 0 Å². The summed E-state index contributed by atoms with van der Waals surface area (Å²) in [6.07, 6.45) is -2.93. The number of nitriles is 1. The van der Waals surface area contributed by atoms with E-state index in [9.17, 15) is 18.0 Å².